The van der Waals surface area contributed by atoms with Crippen LogP contribution in [0.25, 0.3) is 0 Å². The molecule has 0 aliphatic carbocycles. The molecule has 2 rings (SSSR count). The molecular formula is C15H16F2N2O2S. The van der Waals surface area contributed by atoms with Gasteiger partial charge in [-0.05, 0) is 30.7 Å². The van der Waals surface area contributed by atoms with Crippen molar-refractivity contribution in [3.05, 3.63) is 59.9 Å². The number of sulfonamides is 1. The predicted octanol–water partition coefficient (Wildman–Crippen LogP) is 3.13. The van der Waals surface area contributed by atoms with Gasteiger partial charge in [0, 0.05) is 18.8 Å². The Bertz CT molecular complexity index is 748. The molecule has 0 aliphatic heterocycles. The number of benzene rings is 1. The third-order valence-electron chi connectivity index (χ3n) is 3.38. The lowest BCUT2D eigenvalue weighted by molar-refractivity contribution is 0.356. The van der Waals surface area contributed by atoms with Gasteiger partial charge in [0.1, 0.15) is 16.5 Å². The van der Waals surface area contributed by atoms with E-state index in [2.05, 4.69) is 4.98 Å². The number of hydrogen-bond acceptors (Lipinski definition) is 3. The van der Waals surface area contributed by atoms with Crippen LogP contribution in [0.3, 0.4) is 0 Å². The maximum Gasteiger partial charge on any atom is 0.245 e. The molecule has 0 amide bonds. The van der Waals surface area contributed by atoms with Gasteiger partial charge in [-0.3, -0.25) is 4.98 Å². The third-order valence-corrected chi connectivity index (χ3v) is 5.39. The van der Waals surface area contributed by atoms with Gasteiger partial charge in [0.05, 0.1) is 6.20 Å². The minimum absolute atomic E-state index is 0.192. The van der Waals surface area contributed by atoms with Crippen LogP contribution in [0.2, 0.25) is 0 Å². The van der Waals surface area contributed by atoms with Crippen molar-refractivity contribution in [2.75, 3.05) is 6.54 Å². The Balaban J connectivity index is 2.40. The molecule has 0 N–H and O–H groups in total. The van der Waals surface area contributed by atoms with Gasteiger partial charge in [-0.15, -0.1) is 0 Å². The van der Waals surface area contributed by atoms with Crippen LogP contribution in [0.15, 0.2) is 47.6 Å². The quantitative estimate of drug-likeness (QED) is 0.848. The molecule has 4 nitrogen and oxygen atoms in total. The molecule has 0 bridgehead atoms. The van der Waals surface area contributed by atoms with Crippen LogP contribution in [-0.2, 0) is 10.0 Å². The summed E-state index contributed by atoms with van der Waals surface area (Å²) in [6, 6.07) is 6.03. The van der Waals surface area contributed by atoms with Crippen LogP contribution in [0.1, 0.15) is 25.5 Å². The van der Waals surface area contributed by atoms with Crippen LogP contribution in [-0.4, -0.2) is 24.3 Å². The minimum atomic E-state index is -3.89. The van der Waals surface area contributed by atoms with Crippen molar-refractivity contribution in [3.63, 3.8) is 0 Å². The van der Waals surface area contributed by atoms with Gasteiger partial charge in [0.25, 0.3) is 0 Å². The predicted molar refractivity (Wildman–Crippen MR) is 78.6 cm³/mol. The summed E-state index contributed by atoms with van der Waals surface area (Å²) in [4.78, 5) is 3.38. The molecule has 0 unspecified atom stereocenters. The van der Waals surface area contributed by atoms with Crippen LogP contribution in [0.5, 0.6) is 0 Å². The van der Waals surface area contributed by atoms with Gasteiger partial charge in [-0.2, -0.15) is 4.31 Å². The Morgan fingerprint density at radius 3 is 2.32 bits per heavy atom. The van der Waals surface area contributed by atoms with Crippen molar-refractivity contribution in [2.24, 2.45) is 0 Å². The molecule has 7 heteroatoms. The fourth-order valence-electron chi connectivity index (χ4n) is 2.23. The Morgan fingerprint density at radius 1 is 1.14 bits per heavy atom. The van der Waals surface area contributed by atoms with E-state index in [4.69, 9.17) is 0 Å². The lowest BCUT2D eigenvalue weighted by Crippen LogP contribution is -2.33. The summed E-state index contributed by atoms with van der Waals surface area (Å²) in [6.45, 7) is 3.57. The summed E-state index contributed by atoms with van der Waals surface area (Å²) in [5.74, 6) is -1.11. The Hall–Kier alpha value is -1.86. The topological polar surface area (TPSA) is 50.3 Å². The van der Waals surface area contributed by atoms with E-state index in [1.807, 2.05) is 0 Å². The fourth-order valence-corrected chi connectivity index (χ4v) is 3.83. The molecule has 1 aromatic heterocycles. The lowest BCUT2D eigenvalue weighted by Gasteiger charge is -2.27. The summed E-state index contributed by atoms with van der Waals surface area (Å²) in [7, 11) is -3.89. The molecule has 2 aromatic rings. The normalized spacial score (nSPS) is 13.3. The first-order chi connectivity index (χ1) is 10.4. The highest BCUT2D eigenvalue weighted by Gasteiger charge is 2.29. The highest BCUT2D eigenvalue weighted by atomic mass is 32.2. The standard InChI is InChI=1S/C15H16F2N2O2S/c1-3-19(11(2)12-4-6-13(16)7-5-12)22(20,21)15-8-14(17)9-18-10-15/h4-11H,3H2,1-2H3/t11-/m0/s1. The molecule has 1 heterocycles. The largest absolute Gasteiger partial charge is 0.260 e. The van der Waals surface area contributed by atoms with E-state index in [1.54, 1.807) is 13.8 Å². The SMILES string of the molecule is CCN([C@@H](C)c1ccc(F)cc1)S(=O)(=O)c1cncc(F)c1. The smallest absolute Gasteiger partial charge is 0.245 e. The molecule has 1 aromatic carbocycles. The van der Waals surface area contributed by atoms with E-state index < -0.39 is 27.7 Å². The van der Waals surface area contributed by atoms with Crippen LogP contribution < -0.4 is 0 Å². The van der Waals surface area contributed by atoms with E-state index in [1.165, 1.54) is 28.6 Å². The molecular weight excluding hydrogens is 310 g/mol. The Labute approximate surface area is 128 Å². The average Bonchev–Trinajstić information content (AvgIpc) is 2.48. The van der Waals surface area contributed by atoms with Crippen LogP contribution in [0, 0.1) is 11.6 Å². The van der Waals surface area contributed by atoms with Gasteiger partial charge in [0.2, 0.25) is 10.0 Å². The molecule has 0 saturated carbocycles. The number of halogens is 2. The Kier molecular flexibility index (Phi) is 4.87. The third kappa shape index (κ3) is 3.31. The Morgan fingerprint density at radius 2 is 1.77 bits per heavy atom. The van der Waals surface area contributed by atoms with Crippen molar-refractivity contribution in [1.82, 2.24) is 9.29 Å². The first kappa shape index (κ1) is 16.5. The van der Waals surface area contributed by atoms with Crippen molar-refractivity contribution >= 4 is 10.0 Å². The maximum atomic E-state index is 13.2. The number of aromatic nitrogens is 1. The monoisotopic (exact) mass is 326 g/mol. The summed E-state index contributed by atoms with van der Waals surface area (Å²) in [5.41, 5.74) is 0.649. The zero-order valence-corrected chi connectivity index (χ0v) is 13.0. The van der Waals surface area contributed by atoms with Crippen LogP contribution in [0.4, 0.5) is 8.78 Å². The van der Waals surface area contributed by atoms with Crippen molar-refractivity contribution in [3.8, 4) is 0 Å². The van der Waals surface area contributed by atoms with Gasteiger partial charge in [-0.1, -0.05) is 19.1 Å². The zero-order valence-electron chi connectivity index (χ0n) is 12.2. The van der Waals surface area contributed by atoms with Gasteiger partial charge >= 0.3 is 0 Å². The molecule has 0 fully saturated rings. The molecule has 0 radical (unpaired) electrons. The number of hydrogen-bond donors (Lipinski definition) is 0. The number of pyridine rings is 1. The first-order valence-corrected chi connectivity index (χ1v) is 8.18. The van der Waals surface area contributed by atoms with E-state index in [0.717, 1.165) is 18.5 Å². The van der Waals surface area contributed by atoms with E-state index >= 15 is 0 Å². The van der Waals surface area contributed by atoms with E-state index in [9.17, 15) is 17.2 Å². The second-order valence-electron chi connectivity index (χ2n) is 4.77. The second kappa shape index (κ2) is 6.50. The van der Waals surface area contributed by atoms with Crippen LogP contribution >= 0.6 is 0 Å². The van der Waals surface area contributed by atoms with Gasteiger partial charge in [0.15, 0.2) is 0 Å². The highest BCUT2D eigenvalue weighted by molar-refractivity contribution is 7.89. The molecule has 118 valence electrons. The minimum Gasteiger partial charge on any atom is -0.260 e. The fraction of sp³-hybridized carbons (Fsp3) is 0.267. The average molecular weight is 326 g/mol. The summed E-state index contributed by atoms with van der Waals surface area (Å²) in [6.07, 6.45) is 2.05. The van der Waals surface area contributed by atoms with Gasteiger partial charge < -0.3 is 0 Å². The molecule has 1 atom stereocenters. The van der Waals surface area contributed by atoms with Crippen molar-refractivity contribution < 1.29 is 17.2 Å². The summed E-state index contributed by atoms with van der Waals surface area (Å²) >= 11 is 0. The molecule has 0 saturated heterocycles. The molecule has 0 spiro atoms. The first-order valence-electron chi connectivity index (χ1n) is 6.74. The molecule has 22 heavy (non-hydrogen) atoms. The number of nitrogens with zero attached hydrogens (tertiary/aromatic N) is 2. The maximum absolute atomic E-state index is 13.2. The van der Waals surface area contributed by atoms with E-state index in [-0.39, 0.29) is 11.4 Å². The lowest BCUT2D eigenvalue weighted by atomic mass is 10.1. The zero-order chi connectivity index (χ0) is 16.3. The van der Waals surface area contributed by atoms with Crippen molar-refractivity contribution in [2.45, 2.75) is 24.8 Å². The van der Waals surface area contributed by atoms with Gasteiger partial charge in [-0.25, -0.2) is 17.2 Å². The highest BCUT2D eigenvalue weighted by Crippen LogP contribution is 2.27. The molecule has 0 aliphatic rings. The van der Waals surface area contributed by atoms with Crippen molar-refractivity contribution in [1.29, 1.82) is 0 Å². The van der Waals surface area contributed by atoms with E-state index in [0.29, 0.717) is 5.56 Å². The second-order valence-corrected chi connectivity index (χ2v) is 6.67. The number of rotatable bonds is 5. The summed E-state index contributed by atoms with van der Waals surface area (Å²) in [5, 5.41) is 0. The summed E-state index contributed by atoms with van der Waals surface area (Å²) < 4.78 is 52.7.